The normalized spacial score (nSPS) is 27.9. The van der Waals surface area contributed by atoms with E-state index in [4.69, 9.17) is 5.73 Å². The maximum atomic E-state index is 13.8. The van der Waals surface area contributed by atoms with Gasteiger partial charge >= 0.3 is 0 Å². The second kappa shape index (κ2) is 6.86. The average Bonchev–Trinajstić information content (AvgIpc) is 3.46. The molecule has 160 valence electrons. The molecule has 3 saturated carbocycles. The number of H-pyrrole nitrogens is 1. The number of nitrogens with zero attached hydrogens (tertiary/aromatic N) is 1. The number of pyridine rings is 2. The summed E-state index contributed by atoms with van der Waals surface area (Å²) in [5.41, 5.74) is 6.92. The van der Waals surface area contributed by atoms with Crippen molar-refractivity contribution in [3.8, 4) is 0 Å². The third-order valence-electron chi connectivity index (χ3n) is 7.89. The van der Waals surface area contributed by atoms with Gasteiger partial charge in [-0.05, 0) is 68.3 Å². The Morgan fingerprint density at radius 3 is 2.53 bits per heavy atom. The predicted octanol–water partition coefficient (Wildman–Crippen LogP) is 4.51. The zero-order valence-electron chi connectivity index (χ0n) is 16.9. The lowest BCUT2D eigenvalue weighted by atomic mass is 9.63. The summed E-state index contributed by atoms with van der Waals surface area (Å²) >= 11 is 0. The fraction of sp³-hybridized carbons (Fsp3) is 0.609. The first-order valence-corrected chi connectivity index (χ1v) is 11.0. The molecule has 1 spiro atoms. The molecule has 3 aliphatic carbocycles. The van der Waals surface area contributed by atoms with E-state index in [1.165, 1.54) is 19.0 Å². The van der Waals surface area contributed by atoms with Crippen molar-refractivity contribution in [2.45, 2.75) is 69.6 Å². The van der Waals surface area contributed by atoms with Crippen LogP contribution in [-0.2, 0) is 0 Å². The van der Waals surface area contributed by atoms with Gasteiger partial charge in [0, 0.05) is 36.7 Å². The van der Waals surface area contributed by atoms with Crippen LogP contribution in [0.5, 0.6) is 0 Å². The van der Waals surface area contributed by atoms with Crippen LogP contribution >= 0.6 is 0 Å². The molecule has 0 saturated heterocycles. The Kier molecular flexibility index (Phi) is 4.49. The molecule has 30 heavy (non-hydrogen) atoms. The van der Waals surface area contributed by atoms with E-state index in [-0.39, 0.29) is 41.2 Å². The Balaban J connectivity index is 1.52. The minimum atomic E-state index is -2.53. The molecule has 3 N–H and O–H groups in total. The van der Waals surface area contributed by atoms with E-state index >= 15 is 0 Å². The number of hydrogen-bond acceptors (Lipinski definition) is 3. The molecule has 2 heterocycles. The largest absolute Gasteiger partial charge is 0.364 e. The molecule has 2 atom stereocenters. The first kappa shape index (κ1) is 19.6. The van der Waals surface area contributed by atoms with Gasteiger partial charge < -0.3 is 10.7 Å². The zero-order valence-corrected chi connectivity index (χ0v) is 16.9. The van der Waals surface area contributed by atoms with Gasteiger partial charge in [0.15, 0.2) is 5.43 Å². The fourth-order valence-electron chi connectivity index (χ4n) is 6.03. The summed E-state index contributed by atoms with van der Waals surface area (Å²) in [7, 11) is 0. The van der Waals surface area contributed by atoms with Crippen LogP contribution in [0.15, 0.2) is 23.1 Å². The molecule has 3 aliphatic rings. The predicted molar refractivity (Wildman–Crippen MR) is 110 cm³/mol. The van der Waals surface area contributed by atoms with E-state index in [2.05, 4.69) is 9.97 Å². The average molecular weight is 415 g/mol. The molecule has 2 aromatic rings. The molecule has 5 nitrogen and oxygen atoms in total. The van der Waals surface area contributed by atoms with Crippen molar-refractivity contribution in [3.63, 3.8) is 0 Å². The second-order valence-electron chi connectivity index (χ2n) is 9.74. The van der Waals surface area contributed by atoms with Gasteiger partial charge in [0.1, 0.15) is 5.69 Å². The summed E-state index contributed by atoms with van der Waals surface area (Å²) in [6.07, 6.45) is 8.15. The van der Waals surface area contributed by atoms with Crippen LogP contribution in [0.25, 0.3) is 10.9 Å². The monoisotopic (exact) mass is 415 g/mol. The number of aromatic nitrogens is 2. The molecule has 7 heteroatoms. The molecular weight excluding hydrogens is 388 g/mol. The van der Waals surface area contributed by atoms with Gasteiger partial charge in [-0.15, -0.1) is 0 Å². The van der Waals surface area contributed by atoms with Gasteiger partial charge in [-0.3, -0.25) is 14.6 Å². The van der Waals surface area contributed by atoms with Crippen LogP contribution in [0.4, 0.5) is 8.78 Å². The maximum absolute atomic E-state index is 13.8. The van der Waals surface area contributed by atoms with Crippen molar-refractivity contribution < 1.29 is 13.6 Å². The molecule has 0 aromatic carbocycles. The Hall–Kier alpha value is -2.31. The van der Waals surface area contributed by atoms with E-state index in [0.717, 1.165) is 25.0 Å². The van der Waals surface area contributed by atoms with Gasteiger partial charge in [-0.1, -0.05) is 0 Å². The standard InChI is InChI=1S/C23H27F2N3O2/c24-23(25)6-1-13(2-7-23)15-12-22(8-9-22)5-3-14(15)17-11-18(29)19-16(28-17)4-10-27-20(19)21(26)30/h4,10-11,13-15H,1-3,5-9,12H2,(H2,26,30)(H,28,29)/t14?,15-/m1/s1. The number of fused-ring (bicyclic) bond motifs is 1. The number of alkyl halides is 2. The van der Waals surface area contributed by atoms with Crippen LogP contribution in [0.2, 0.25) is 0 Å². The summed E-state index contributed by atoms with van der Waals surface area (Å²) in [5, 5.41) is 0.220. The van der Waals surface area contributed by atoms with Crippen molar-refractivity contribution in [3.05, 3.63) is 39.9 Å². The zero-order chi connectivity index (χ0) is 21.1. The topological polar surface area (TPSA) is 88.8 Å². The number of carbonyl (C=O) groups is 1. The number of nitrogens with one attached hydrogen (secondary N) is 1. The Bertz CT molecular complexity index is 1050. The van der Waals surface area contributed by atoms with E-state index in [1.807, 2.05) is 0 Å². The number of amides is 1. The van der Waals surface area contributed by atoms with Gasteiger partial charge in [0.2, 0.25) is 5.92 Å². The second-order valence-corrected chi connectivity index (χ2v) is 9.74. The highest BCUT2D eigenvalue weighted by Gasteiger charge is 2.51. The van der Waals surface area contributed by atoms with Gasteiger partial charge in [0.25, 0.3) is 5.91 Å². The first-order valence-electron chi connectivity index (χ1n) is 11.0. The highest BCUT2D eigenvalue weighted by molar-refractivity contribution is 6.03. The lowest BCUT2D eigenvalue weighted by Gasteiger charge is -2.43. The highest BCUT2D eigenvalue weighted by atomic mass is 19.3. The Labute approximate surface area is 173 Å². The number of halogens is 2. The lowest BCUT2D eigenvalue weighted by Crippen LogP contribution is -2.35. The van der Waals surface area contributed by atoms with Gasteiger partial charge in [-0.2, -0.15) is 0 Å². The molecule has 5 rings (SSSR count). The molecule has 0 bridgehead atoms. The Morgan fingerprint density at radius 2 is 1.87 bits per heavy atom. The van der Waals surface area contributed by atoms with Crippen LogP contribution in [0, 0.1) is 17.3 Å². The first-order chi connectivity index (χ1) is 14.3. The van der Waals surface area contributed by atoms with E-state index in [1.54, 1.807) is 12.1 Å². The minimum Gasteiger partial charge on any atom is -0.364 e. The summed E-state index contributed by atoms with van der Waals surface area (Å²) in [6.45, 7) is 0. The molecule has 1 amide bonds. The van der Waals surface area contributed by atoms with Crippen LogP contribution in [0.3, 0.4) is 0 Å². The summed E-state index contributed by atoms with van der Waals surface area (Å²) < 4.78 is 27.5. The van der Waals surface area contributed by atoms with Crippen molar-refractivity contribution in [2.75, 3.05) is 0 Å². The Morgan fingerprint density at radius 1 is 1.13 bits per heavy atom. The number of hydrogen-bond donors (Lipinski definition) is 2. The quantitative estimate of drug-likeness (QED) is 0.773. The highest BCUT2D eigenvalue weighted by Crippen LogP contribution is 2.62. The maximum Gasteiger partial charge on any atom is 0.268 e. The summed E-state index contributed by atoms with van der Waals surface area (Å²) in [6, 6.07) is 3.27. The molecule has 2 aromatic heterocycles. The minimum absolute atomic E-state index is 0.0214. The third-order valence-corrected chi connectivity index (χ3v) is 7.89. The van der Waals surface area contributed by atoms with Crippen LogP contribution in [0.1, 0.15) is 79.9 Å². The molecule has 0 radical (unpaired) electrons. The third kappa shape index (κ3) is 3.42. The molecule has 1 unspecified atom stereocenters. The number of nitrogens with two attached hydrogens (primary N) is 1. The van der Waals surface area contributed by atoms with Gasteiger partial charge in [0.05, 0.1) is 10.9 Å². The molecular formula is C23H27F2N3O2. The summed E-state index contributed by atoms with van der Waals surface area (Å²) in [4.78, 5) is 31.9. The summed E-state index contributed by atoms with van der Waals surface area (Å²) in [5.74, 6) is -2.54. The lowest BCUT2D eigenvalue weighted by molar-refractivity contribution is -0.0578. The van der Waals surface area contributed by atoms with E-state index in [0.29, 0.717) is 29.7 Å². The van der Waals surface area contributed by atoms with Crippen molar-refractivity contribution in [2.24, 2.45) is 23.0 Å². The number of rotatable bonds is 3. The van der Waals surface area contributed by atoms with Crippen molar-refractivity contribution in [1.29, 1.82) is 0 Å². The van der Waals surface area contributed by atoms with Crippen LogP contribution in [-0.4, -0.2) is 21.8 Å². The smallest absolute Gasteiger partial charge is 0.268 e. The fourth-order valence-corrected chi connectivity index (χ4v) is 6.03. The molecule has 0 aliphatic heterocycles. The van der Waals surface area contributed by atoms with Gasteiger partial charge in [-0.25, -0.2) is 8.78 Å². The van der Waals surface area contributed by atoms with Crippen LogP contribution < -0.4 is 11.2 Å². The molecule has 3 fully saturated rings. The number of carbonyl (C=O) groups excluding carboxylic acids is 1. The number of aromatic amines is 1. The van der Waals surface area contributed by atoms with E-state index in [9.17, 15) is 18.4 Å². The number of primary amides is 1. The van der Waals surface area contributed by atoms with Crippen molar-refractivity contribution in [1.82, 2.24) is 9.97 Å². The van der Waals surface area contributed by atoms with Crippen molar-refractivity contribution >= 4 is 16.8 Å². The SMILES string of the molecule is NC(=O)c1nccc2[nH]c(C3CCC4(CC4)C[C@@H]3C3CCC(F)(F)CC3)cc(=O)c12. The van der Waals surface area contributed by atoms with E-state index < -0.39 is 11.8 Å².